The molecule has 0 bridgehead atoms. The van der Waals surface area contributed by atoms with Crippen LogP contribution in [0.5, 0.6) is 0 Å². The molecule has 1 heterocycles. The summed E-state index contributed by atoms with van der Waals surface area (Å²) in [5, 5.41) is 14.2. The first-order chi connectivity index (χ1) is 11.5. The molecule has 1 amide bonds. The van der Waals surface area contributed by atoms with Gasteiger partial charge >= 0.3 is 6.09 Å². The van der Waals surface area contributed by atoms with Gasteiger partial charge in [-0.25, -0.2) is 4.79 Å². The topological polar surface area (TPSA) is 84.7 Å². The van der Waals surface area contributed by atoms with E-state index in [-0.39, 0.29) is 12.3 Å². The van der Waals surface area contributed by atoms with Crippen LogP contribution in [-0.2, 0) is 11.3 Å². The van der Waals surface area contributed by atoms with E-state index < -0.39 is 11.0 Å². The molecule has 24 heavy (non-hydrogen) atoms. The maximum atomic E-state index is 11.8. The van der Waals surface area contributed by atoms with Crippen LogP contribution in [0.15, 0.2) is 46.9 Å². The van der Waals surface area contributed by atoms with E-state index in [9.17, 15) is 14.9 Å². The second-order valence-electron chi connectivity index (χ2n) is 5.20. The number of hydrogen-bond acceptors (Lipinski definition) is 5. The molecule has 3 rings (SSSR count). The molecule has 0 aliphatic carbocycles. The van der Waals surface area contributed by atoms with Crippen LogP contribution in [0.25, 0.3) is 0 Å². The van der Waals surface area contributed by atoms with Crippen molar-refractivity contribution in [2.24, 2.45) is 0 Å². The highest BCUT2D eigenvalue weighted by atomic mass is 79.9. The van der Waals surface area contributed by atoms with Crippen molar-refractivity contribution in [3.63, 3.8) is 0 Å². The monoisotopic (exact) mass is 391 g/mol. The summed E-state index contributed by atoms with van der Waals surface area (Å²) in [5.74, 6) is 0. The maximum Gasteiger partial charge on any atom is 0.414 e. The number of nitro groups is 1. The van der Waals surface area contributed by atoms with Gasteiger partial charge in [-0.05, 0) is 23.8 Å². The van der Waals surface area contributed by atoms with Gasteiger partial charge in [-0.1, -0.05) is 28.1 Å². The first kappa shape index (κ1) is 16.3. The minimum absolute atomic E-state index is 0.0705. The highest BCUT2D eigenvalue weighted by Gasteiger charge is 2.27. The fourth-order valence-electron chi connectivity index (χ4n) is 2.42. The number of nitro benzene ring substituents is 1. The molecule has 1 fully saturated rings. The number of carbonyl (C=O) groups is 1. The normalized spacial score (nSPS) is 13.7. The van der Waals surface area contributed by atoms with E-state index in [2.05, 4.69) is 21.2 Å². The van der Waals surface area contributed by atoms with Crippen LogP contribution in [0.3, 0.4) is 0 Å². The summed E-state index contributed by atoms with van der Waals surface area (Å²) >= 11 is 3.38. The zero-order chi connectivity index (χ0) is 17.1. The van der Waals surface area contributed by atoms with Gasteiger partial charge in [-0.2, -0.15) is 0 Å². The molecule has 0 saturated carbocycles. The Balaban J connectivity index is 1.86. The molecular weight excluding hydrogens is 378 g/mol. The van der Waals surface area contributed by atoms with Crippen molar-refractivity contribution < 1.29 is 14.5 Å². The minimum Gasteiger partial charge on any atom is -0.447 e. The van der Waals surface area contributed by atoms with Gasteiger partial charge in [-0.15, -0.1) is 0 Å². The van der Waals surface area contributed by atoms with Gasteiger partial charge in [0.1, 0.15) is 6.61 Å². The molecule has 1 N–H and O–H groups in total. The van der Waals surface area contributed by atoms with E-state index in [1.54, 1.807) is 6.07 Å². The number of nitrogens with one attached hydrogen (secondary N) is 1. The van der Waals surface area contributed by atoms with E-state index in [1.807, 2.05) is 24.3 Å². The zero-order valence-corrected chi connectivity index (χ0v) is 14.2. The lowest BCUT2D eigenvalue weighted by molar-refractivity contribution is -0.384. The van der Waals surface area contributed by atoms with Crippen LogP contribution in [0.2, 0.25) is 0 Å². The summed E-state index contributed by atoms with van der Waals surface area (Å²) in [6.07, 6.45) is -0.498. The van der Waals surface area contributed by atoms with Crippen molar-refractivity contribution >= 4 is 39.1 Å². The SMILES string of the molecule is O=C1OCCN1c1cc([N+](=O)[O-])ccc1NCc1ccc(Br)cc1. The van der Waals surface area contributed by atoms with Crippen molar-refractivity contribution in [1.82, 2.24) is 0 Å². The standard InChI is InChI=1S/C16H14BrN3O4/c17-12-3-1-11(2-4-12)10-18-14-6-5-13(20(22)23)9-15(14)19-7-8-24-16(19)21/h1-6,9,18H,7-8,10H2. The molecule has 0 unspecified atom stereocenters. The van der Waals surface area contributed by atoms with Crippen LogP contribution in [-0.4, -0.2) is 24.2 Å². The second kappa shape index (κ2) is 6.88. The first-order valence-electron chi connectivity index (χ1n) is 7.25. The lowest BCUT2D eigenvalue weighted by Gasteiger charge is -2.18. The second-order valence-corrected chi connectivity index (χ2v) is 6.12. The van der Waals surface area contributed by atoms with Crippen LogP contribution in [0.1, 0.15) is 5.56 Å². The summed E-state index contributed by atoms with van der Waals surface area (Å²) in [4.78, 5) is 23.8. The number of ether oxygens (including phenoxy) is 1. The summed E-state index contributed by atoms with van der Waals surface area (Å²) in [7, 11) is 0. The van der Waals surface area contributed by atoms with Crippen LogP contribution >= 0.6 is 15.9 Å². The fraction of sp³-hybridized carbons (Fsp3) is 0.188. The average molecular weight is 392 g/mol. The van der Waals surface area contributed by atoms with Gasteiger partial charge < -0.3 is 10.1 Å². The number of benzene rings is 2. The Morgan fingerprint density at radius 3 is 2.62 bits per heavy atom. The number of anilines is 2. The predicted octanol–water partition coefficient (Wildman–Crippen LogP) is 3.93. The molecule has 0 aromatic heterocycles. The minimum atomic E-state index is -0.498. The van der Waals surface area contributed by atoms with Gasteiger partial charge in [0.05, 0.1) is 22.8 Å². The quantitative estimate of drug-likeness (QED) is 0.616. The molecule has 2 aromatic carbocycles. The Morgan fingerprint density at radius 2 is 2.00 bits per heavy atom. The van der Waals surface area contributed by atoms with Crippen LogP contribution in [0, 0.1) is 10.1 Å². The summed E-state index contributed by atoms with van der Waals surface area (Å²) in [6.45, 7) is 1.17. The molecule has 0 atom stereocenters. The molecule has 124 valence electrons. The van der Waals surface area contributed by atoms with Gasteiger partial charge in [0.2, 0.25) is 0 Å². The molecule has 0 spiro atoms. The molecule has 0 radical (unpaired) electrons. The Bertz CT molecular complexity index is 779. The third kappa shape index (κ3) is 3.48. The highest BCUT2D eigenvalue weighted by Crippen LogP contribution is 2.32. The Labute approximate surface area is 146 Å². The van der Waals surface area contributed by atoms with Gasteiger partial charge in [-0.3, -0.25) is 15.0 Å². The number of hydrogen-bond donors (Lipinski definition) is 1. The summed E-state index contributed by atoms with van der Waals surface area (Å²) in [6, 6.07) is 12.2. The largest absolute Gasteiger partial charge is 0.447 e. The van der Waals surface area contributed by atoms with Gasteiger partial charge in [0, 0.05) is 23.2 Å². The smallest absolute Gasteiger partial charge is 0.414 e. The van der Waals surface area contributed by atoms with Crippen molar-refractivity contribution in [2.75, 3.05) is 23.4 Å². The fourth-order valence-corrected chi connectivity index (χ4v) is 2.68. The molecule has 1 aliphatic heterocycles. The van der Waals surface area contributed by atoms with Crippen molar-refractivity contribution in [3.05, 3.63) is 62.6 Å². The Hall–Kier alpha value is -2.61. The number of amides is 1. The predicted molar refractivity (Wildman–Crippen MR) is 93.3 cm³/mol. The number of halogens is 1. The van der Waals surface area contributed by atoms with Crippen LogP contribution < -0.4 is 10.2 Å². The molecule has 1 aliphatic rings. The molecule has 8 heteroatoms. The van der Waals surface area contributed by atoms with E-state index in [4.69, 9.17) is 4.74 Å². The molecular formula is C16H14BrN3O4. The first-order valence-corrected chi connectivity index (χ1v) is 8.05. The van der Waals surface area contributed by atoms with Gasteiger partial charge in [0.15, 0.2) is 0 Å². The molecule has 1 saturated heterocycles. The molecule has 2 aromatic rings. The van der Waals surface area contributed by atoms with Crippen molar-refractivity contribution in [2.45, 2.75) is 6.54 Å². The number of cyclic esters (lactones) is 1. The zero-order valence-electron chi connectivity index (χ0n) is 12.6. The van der Waals surface area contributed by atoms with Crippen molar-refractivity contribution in [1.29, 1.82) is 0 Å². The average Bonchev–Trinajstić information content (AvgIpc) is 3.00. The van der Waals surface area contributed by atoms with E-state index in [1.165, 1.54) is 17.0 Å². The number of carbonyl (C=O) groups excluding carboxylic acids is 1. The third-order valence-corrected chi connectivity index (χ3v) is 4.17. The summed E-state index contributed by atoms with van der Waals surface area (Å²) in [5.41, 5.74) is 2.07. The Kier molecular flexibility index (Phi) is 4.66. The van der Waals surface area contributed by atoms with Gasteiger partial charge in [0.25, 0.3) is 5.69 Å². The lowest BCUT2D eigenvalue weighted by atomic mass is 10.2. The third-order valence-electron chi connectivity index (χ3n) is 3.64. The molecule has 7 nitrogen and oxygen atoms in total. The maximum absolute atomic E-state index is 11.8. The number of non-ortho nitro benzene ring substituents is 1. The lowest BCUT2D eigenvalue weighted by Crippen LogP contribution is -2.24. The van der Waals surface area contributed by atoms with Crippen molar-refractivity contribution in [3.8, 4) is 0 Å². The number of nitrogens with zero attached hydrogens (tertiary/aromatic N) is 2. The Morgan fingerprint density at radius 1 is 1.25 bits per heavy atom. The van der Waals surface area contributed by atoms with E-state index >= 15 is 0 Å². The highest BCUT2D eigenvalue weighted by molar-refractivity contribution is 9.10. The van der Waals surface area contributed by atoms with Crippen LogP contribution in [0.4, 0.5) is 21.9 Å². The number of rotatable bonds is 5. The summed E-state index contributed by atoms with van der Waals surface area (Å²) < 4.78 is 5.92. The van der Waals surface area contributed by atoms with E-state index in [0.29, 0.717) is 24.5 Å². The van der Waals surface area contributed by atoms with E-state index in [0.717, 1.165) is 10.0 Å².